The first-order valence-corrected chi connectivity index (χ1v) is 10.5. The van der Waals surface area contributed by atoms with Gasteiger partial charge in [0.05, 0.1) is 15.5 Å². The molecule has 1 rings (SSSR count). The first kappa shape index (κ1) is 18.3. The van der Waals surface area contributed by atoms with E-state index >= 15 is 0 Å². The summed E-state index contributed by atoms with van der Waals surface area (Å²) in [5.74, 6) is 0. The minimum absolute atomic E-state index is 0.00853. The van der Waals surface area contributed by atoms with Gasteiger partial charge < -0.3 is 4.90 Å². The smallest absolute Gasteiger partial charge is 0.177 e. The second-order valence-electron chi connectivity index (χ2n) is 5.16. The van der Waals surface area contributed by atoms with Gasteiger partial charge in [0.2, 0.25) is 0 Å². The van der Waals surface area contributed by atoms with Crippen molar-refractivity contribution in [3.8, 4) is 0 Å². The van der Waals surface area contributed by atoms with Crippen LogP contribution < -0.4 is 4.90 Å². The molecule has 0 amide bonds. The highest BCUT2D eigenvalue weighted by Gasteiger charge is 2.20. The van der Waals surface area contributed by atoms with E-state index in [0.29, 0.717) is 18.7 Å². The van der Waals surface area contributed by atoms with Crippen LogP contribution in [-0.2, 0) is 19.7 Å². The number of halogens is 1. The Labute approximate surface area is 131 Å². The molecule has 0 aliphatic rings. The Morgan fingerprint density at radius 3 is 2.14 bits per heavy atom. The van der Waals surface area contributed by atoms with E-state index in [-0.39, 0.29) is 15.2 Å². The Bertz CT molecular complexity index is 712. The van der Waals surface area contributed by atoms with Crippen LogP contribution in [0.4, 0.5) is 5.69 Å². The molecule has 0 bridgehead atoms. The van der Waals surface area contributed by atoms with Crippen LogP contribution in [0.3, 0.4) is 0 Å². The lowest BCUT2D eigenvalue weighted by Gasteiger charge is -2.22. The van der Waals surface area contributed by atoms with Gasteiger partial charge in [-0.3, -0.25) is 0 Å². The van der Waals surface area contributed by atoms with Gasteiger partial charge in [-0.1, -0.05) is 0 Å². The van der Waals surface area contributed by atoms with Gasteiger partial charge in [0, 0.05) is 31.5 Å². The maximum atomic E-state index is 11.9. The Hall–Kier alpha value is -0.790. The van der Waals surface area contributed by atoms with Crippen molar-refractivity contribution in [2.45, 2.75) is 28.5 Å². The highest BCUT2D eigenvalue weighted by Crippen LogP contribution is 2.28. The molecule has 0 saturated heterocycles. The molecule has 0 aromatic heterocycles. The van der Waals surface area contributed by atoms with E-state index in [1.54, 1.807) is 11.9 Å². The SMILES string of the molecule is CC(Cl)CCN(C)c1ccc(S(C)(=O)=O)cc1S(C)(=O)=O. The van der Waals surface area contributed by atoms with Crippen molar-refractivity contribution in [2.75, 3.05) is 31.0 Å². The van der Waals surface area contributed by atoms with Crippen LogP contribution >= 0.6 is 11.6 Å². The molecule has 0 saturated carbocycles. The summed E-state index contributed by atoms with van der Waals surface area (Å²) in [7, 11) is -5.24. The average molecular weight is 354 g/mol. The van der Waals surface area contributed by atoms with E-state index in [9.17, 15) is 16.8 Å². The number of sulfone groups is 2. The van der Waals surface area contributed by atoms with E-state index in [0.717, 1.165) is 12.5 Å². The number of hydrogen-bond acceptors (Lipinski definition) is 5. The number of hydrogen-bond donors (Lipinski definition) is 0. The van der Waals surface area contributed by atoms with Crippen molar-refractivity contribution < 1.29 is 16.8 Å². The molecule has 1 unspecified atom stereocenters. The third kappa shape index (κ3) is 5.16. The van der Waals surface area contributed by atoms with Crippen molar-refractivity contribution in [3.05, 3.63) is 18.2 Å². The second kappa shape index (κ2) is 6.54. The molecule has 0 heterocycles. The maximum absolute atomic E-state index is 11.9. The molecule has 0 N–H and O–H groups in total. The first-order chi connectivity index (χ1) is 9.43. The molecule has 0 fully saturated rings. The van der Waals surface area contributed by atoms with E-state index in [1.807, 2.05) is 6.92 Å². The van der Waals surface area contributed by atoms with Crippen molar-refractivity contribution in [2.24, 2.45) is 0 Å². The molecule has 0 aliphatic heterocycles. The fourth-order valence-electron chi connectivity index (χ4n) is 1.83. The zero-order chi connectivity index (χ0) is 16.4. The molecule has 0 aliphatic carbocycles. The van der Waals surface area contributed by atoms with Gasteiger partial charge in [-0.2, -0.15) is 0 Å². The molecular formula is C13H20ClNO4S2. The first-order valence-electron chi connectivity index (χ1n) is 6.32. The molecular weight excluding hydrogens is 334 g/mol. The van der Waals surface area contributed by atoms with Gasteiger partial charge >= 0.3 is 0 Å². The molecule has 0 spiro atoms. The van der Waals surface area contributed by atoms with Crippen molar-refractivity contribution in [3.63, 3.8) is 0 Å². The number of alkyl halides is 1. The Balaban J connectivity index is 3.33. The largest absolute Gasteiger partial charge is 0.373 e. The standard InChI is InChI=1S/C13H20ClNO4S2/c1-10(14)7-8-15(2)12-6-5-11(20(3,16)17)9-13(12)21(4,18)19/h5-6,9-10H,7-8H2,1-4H3. The highest BCUT2D eigenvalue weighted by atomic mass is 35.5. The van der Waals surface area contributed by atoms with Crippen molar-refractivity contribution >= 4 is 37.0 Å². The normalized spacial score (nSPS) is 14.0. The van der Waals surface area contributed by atoms with E-state index in [1.165, 1.54) is 18.2 Å². The van der Waals surface area contributed by atoms with Gasteiger partial charge in [0.15, 0.2) is 19.7 Å². The molecule has 1 aromatic carbocycles. The number of anilines is 1. The number of nitrogens with zero attached hydrogens (tertiary/aromatic N) is 1. The lowest BCUT2D eigenvalue weighted by Crippen LogP contribution is -2.22. The van der Waals surface area contributed by atoms with Crippen LogP contribution in [0, 0.1) is 0 Å². The third-order valence-electron chi connectivity index (χ3n) is 3.03. The fourth-order valence-corrected chi connectivity index (χ4v) is 3.59. The zero-order valence-corrected chi connectivity index (χ0v) is 14.9. The summed E-state index contributed by atoms with van der Waals surface area (Å²) in [6, 6.07) is 4.15. The van der Waals surface area contributed by atoms with Crippen LogP contribution in [0.25, 0.3) is 0 Å². The lowest BCUT2D eigenvalue weighted by molar-refractivity contribution is 0.599. The van der Waals surface area contributed by atoms with E-state index in [4.69, 9.17) is 11.6 Å². The highest BCUT2D eigenvalue weighted by molar-refractivity contribution is 7.91. The summed E-state index contributed by atoms with van der Waals surface area (Å²) < 4.78 is 47.0. The fraction of sp³-hybridized carbons (Fsp3) is 0.538. The van der Waals surface area contributed by atoms with Crippen LogP contribution in [0.15, 0.2) is 28.0 Å². The summed E-state index contributed by atoms with van der Waals surface area (Å²) >= 11 is 5.90. The van der Waals surface area contributed by atoms with Gasteiger partial charge in [-0.05, 0) is 31.5 Å². The topological polar surface area (TPSA) is 71.5 Å². The minimum atomic E-state index is -3.54. The molecule has 1 atom stereocenters. The van der Waals surface area contributed by atoms with E-state index in [2.05, 4.69) is 0 Å². The van der Waals surface area contributed by atoms with Crippen LogP contribution in [0.2, 0.25) is 0 Å². The van der Waals surface area contributed by atoms with Crippen molar-refractivity contribution in [1.29, 1.82) is 0 Å². The minimum Gasteiger partial charge on any atom is -0.373 e. The lowest BCUT2D eigenvalue weighted by atomic mass is 10.2. The quantitative estimate of drug-likeness (QED) is 0.731. The molecule has 8 heteroatoms. The van der Waals surface area contributed by atoms with Crippen LogP contribution in [0.1, 0.15) is 13.3 Å². The Kier molecular flexibility index (Phi) is 5.69. The van der Waals surface area contributed by atoms with Gasteiger partial charge in [0.1, 0.15) is 0 Å². The molecule has 21 heavy (non-hydrogen) atoms. The Morgan fingerprint density at radius 2 is 1.71 bits per heavy atom. The second-order valence-corrected chi connectivity index (χ2v) is 9.91. The third-order valence-corrected chi connectivity index (χ3v) is 5.49. The molecule has 120 valence electrons. The predicted molar refractivity (Wildman–Crippen MR) is 85.9 cm³/mol. The predicted octanol–water partition coefficient (Wildman–Crippen LogP) is 1.95. The monoisotopic (exact) mass is 353 g/mol. The summed E-state index contributed by atoms with van der Waals surface area (Å²) in [4.78, 5) is 1.77. The summed E-state index contributed by atoms with van der Waals surface area (Å²) in [6.07, 6.45) is 2.80. The summed E-state index contributed by atoms with van der Waals surface area (Å²) in [5.41, 5.74) is 0.474. The average Bonchev–Trinajstić information content (AvgIpc) is 2.33. The zero-order valence-electron chi connectivity index (χ0n) is 12.5. The van der Waals surface area contributed by atoms with Gasteiger partial charge in [-0.25, -0.2) is 16.8 Å². The summed E-state index contributed by atoms with van der Waals surface area (Å²) in [5, 5.41) is -0.0237. The molecule has 5 nitrogen and oxygen atoms in total. The molecule has 0 radical (unpaired) electrons. The van der Waals surface area contributed by atoms with Crippen LogP contribution in [-0.4, -0.2) is 48.3 Å². The van der Waals surface area contributed by atoms with Gasteiger partial charge in [0.25, 0.3) is 0 Å². The van der Waals surface area contributed by atoms with Gasteiger partial charge in [-0.15, -0.1) is 11.6 Å². The molecule has 1 aromatic rings. The number of benzene rings is 1. The summed E-state index contributed by atoms with van der Waals surface area (Å²) in [6.45, 7) is 2.44. The van der Waals surface area contributed by atoms with Crippen LogP contribution in [0.5, 0.6) is 0 Å². The maximum Gasteiger partial charge on any atom is 0.177 e. The van der Waals surface area contributed by atoms with E-state index < -0.39 is 19.7 Å². The number of rotatable bonds is 6. The van der Waals surface area contributed by atoms with Crippen molar-refractivity contribution in [1.82, 2.24) is 0 Å². The Morgan fingerprint density at radius 1 is 1.14 bits per heavy atom.